The molecule has 3 nitrogen and oxygen atoms in total. The van der Waals surface area contributed by atoms with Crippen LogP contribution in [0, 0.1) is 0 Å². The third-order valence-corrected chi connectivity index (χ3v) is 3.46. The molecule has 0 aliphatic carbocycles. The Morgan fingerprint density at radius 1 is 1.60 bits per heavy atom. The van der Waals surface area contributed by atoms with Crippen molar-refractivity contribution in [2.45, 2.75) is 37.8 Å². The minimum Gasteiger partial charge on any atom is -0.466 e. The maximum absolute atomic E-state index is 6.04. The van der Waals surface area contributed by atoms with Gasteiger partial charge in [-0.15, -0.1) is 0 Å². The Bertz CT molecular complexity index is 307. The van der Waals surface area contributed by atoms with Crippen molar-refractivity contribution in [2.75, 3.05) is 6.61 Å². The lowest BCUT2D eigenvalue weighted by Gasteiger charge is -2.13. The van der Waals surface area contributed by atoms with Crippen molar-refractivity contribution in [3.63, 3.8) is 0 Å². The van der Waals surface area contributed by atoms with Gasteiger partial charge in [-0.1, -0.05) is 0 Å². The molecule has 1 fully saturated rings. The zero-order valence-electron chi connectivity index (χ0n) is 8.62. The molecule has 1 saturated heterocycles. The van der Waals surface area contributed by atoms with E-state index >= 15 is 0 Å². The molecule has 2 unspecified atom stereocenters. The zero-order chi connectivity index (χ0) is 10.7. The second kappa shape index (κ2) is 5.14. The summed E-state index contributed by atoms with van der Waals surface area (Å²) in [4.78, 5) is 0. The highest BCUT2D eigenvalue weighted by Gasteiger charge is 2.19. The van der Waals surface area contributed by atoms with Gasteiger partial charge in [-0.3, -0.25) is 0 Å². The van der Waals surface area contributed by atoms with Crippen LogP contribution in [0.25, 0.3) is 0 Å². The van der Waals surface area contributed by atoms with Gasteiger partial charge in [0.15, 0.2) is 0 Å². The summed E-state index contributed by atoms with van der Waals surface area (Å²) in [5, 5.41) is 0. The Morgan fingerprint density at radius 2 is 2.47 bits per heavy atom. The predicted molar refractivity (Wildman–Crippen MR) is 61.5 cm³/mol. The second-order valence-electron chi connectivity index (χ2n) is 3.95. The van der Waals surface area contributed by atoms with Crippen LogP contribution in [0.15, 0.2) is 21.2 Å². The smallest absolute Gasteiger partial charge is 0.134 e. The van der Waals surface area contributed by atoms with Gasteiger partial charge in [-0.05, 0) is 47.7 Å². The van der Waals surface area contributed by atoms with E-state index in [4.69, 9.17) is 14.9 Å². The van der Waals surface area contributed by atoms with E-state index in [9.17, 15) is 0 Å². The van der Waals surface area contributed by atoms with Crippen LogP contribution in [0.3, 0.4) is 0 Å². The van der Waals surface area contributed by atoms with Crippen LogP contribution < -0.4 is 5.73 Å². The molecule has 2 N–H and O–H groups in total. The number of nitrogens with two attached hydrogens (primary N) is 1. The highest BCUT2D eigenvalue weighted by Crippen LogP contribution is 2.27. The third-order valence-electron chi connectivity index (χ3n) is 2.81. The first-order valence-corrected chi connectivity index (χ1v) is 6.16. The molecule has 0 spiro atoms. The normalized spacial score (nSPS) is 23.2. The Balaban J connectivity index is 1.81. The number of rotatable bonds is 4. The quantitative estimate of drug-likeness (QED) is 0.918. The average Bonchev–Trinajstić information content (AvgIpc) is 2.84. The number of furan rings is 1. The first kappa shape index (κ1) is 11.2. The van der Waals surface area contributed by atoms with Crippen LogP contribution in [0.2, 0.25) is 0 Å². The maximum Gasteiger partial charge on any atom is 0.134 e. The summed E-state index contributed by atoms with van der Waals surface area (Å²) in [6, 6.07) is 1.85. The number of hydrogen-bond donors (Lipinski definition) is 1. The van der Waals surface area contributed by atoms with Gasteiger partial charge in [-0.25, -0.2) is 0 Å². The van der Waals surface area contributed by atoms with E-state index in [1.165, 1.54) is 12.8 Å². The monoisotopic (exact) mass is 273 g/mol. The molecule has 84 valence electrons. The molecule has 1 aliphatic rings. The van der Waals surface area contributed by atoms with Gasteiger partial charge in [-0.2, -0.15) is 0 Å². The molecule has 0 amide bonds. The van der Waals surface area contributed by atoms with Gasteiger partial charge >= 0.3 is 0 Å². The molecule has 2 atom stereocenters. The van der Waals surface area contributed by atoms with Crippen LogP contribution in [-0.4, -0.2) is 12.7 Å². The summed E-state index contributed by atoms with van der Waals surface area (Å²) in [7, 11) is 0. The number of halogens is 1. The van der Waals surface area contributed by atoms with Crippen LogP contribution in [-0.2, 0) is 4.74 Å². The summed E-state index contributed by atoms with van der Waals surface area (Å²) in [6.07, 6.45) is 6.36. The van der Waals surface area contributed by atoms with E-state index in [1.807, 2.05) is 6.07 Å². The van der Waals surface area contributed by atoms with Gasteiger partial charge in [0, 0.05) is 6.61 Å². The van der Waals surface area contributed by atoms with E-state index in [1.54, 1.807) is 6.26 Å². The van der Waals surface area contributed by atoms with Crippen molar-refractivity contribution in [2.24, 2.45) is 5.73 Å². The minimum absolute atomic E-state index is 0.0291. The van der Waals surface area contributed by atoms with Crippen LogP contribution >= 0.6 is 15.9 Å². The lowest BCUT2D eigenvalue weighted by Crippen LogP contribution is -2.14. The molecule has 2 heterocycles. The average molecular weight is 274 g/mol. The van der Waals surface area contributed by atoms with E-state index in [0.717, 1.165) is 29.7 Å². The lowest BCUT2D eigenvalue weighted by molar-refractivity contribution is 0.100. The Morgan fingerprint density at radius 3 is 3.07 bits per heavy atom. The molecular formula is C11H16BrNO2. The molecule has 15 heavy (non-hydrogen) atoms. The van der Waals surface area contributed by atoms with Crippen LogP contribution in [0.5, 0.6) is 0 Å². The molecule has 1 aliphatic heterocycles. The lowest BCUT2D eigenvalue weighted by atomic mass is 10.1. The third kappa shape index (κ3) is 2.83. The number of ether oxygens (including phenoxy) is 1. The van der Waals surface area contributed by atoms with E-state index in [-0.39, 0.29) is 6.04 Å². The molecule has 0 saturated carbocycles. The summed E-state index contributed by atoms with van der Waals surface area (Å²) >= 11 is 3.42. The van der Waals surface area contributed by atoms with Crippen LogP contribution in [0.4, 0.5) is 0 Å². The number of hydrogen-bond acceptors (Lipinski definition) is 3. The first-order chi connectivity index (χ1) is 7.27. The zero-order valence-corrected chi connectivity index (χ0v) is 10.2. The minimum atomic E-state index is -0.0291. The fourth-order valence-corrected chi connectivity index (χ4v) is 2.43. The molecule has 2 rings (SSSR count). The fraction of sp³-hybridized carbons (Fsp3) is 0.636. The summed E-state index contributed by atoms with van der Waals surface area (Å²) in [5.41, 5.74) is 6.04. The summed E-state index contributed by atoms with van der Waals surface area (Å²) in [5.74, 6) is 0.841. The Labute approximate surface area is 98.1 Å². The van der Waals surface area contributed by atoms with Crippen molar-refractivity contribution in [1.29, 1.82) is 0 Å². The fourth-order valence-electron chi connectivity index (χ4n) is 1.94. The van der Waals surface area contributed by atoms with Gasteiger partial charge in [0.1, 0.15) is 5.76 Å². The molecule has 0 radical (unpaired) electrons. The largest absolute Gasteiger partial charge is 0.466 e. The molecule has 0 aromatic carbocycles. The molecule has 4 heteroatoms. The Hall–Kier alpha value is -0.320. The molecule has 1 aromatic rings. The van der Waals surface area contributed by atoms with Crippen LogP contribution in [0.1, 0.15) is 37.5 Å². The van der Waals surface area contributed by atoms with Crippen molar-refractivity contribution >= 4 is 15.9 Å². The summed E-state index contributed by atoms with van der Waals surface area (Å²) < 4.78 is 11.8. The highest BCUT2D eigenvalue weighted by molar-refractivity contribution is 9.10. The SMILES string of the molecule is NC(CCC1CCCO1)c1occc1Br. The van der Waals surface area contributed by atoms with E-state index < -0.39 is 0 Å². The van der Waals surface area contributed by atoms with Gasteiger partial charge in [0.05, 0.1) is 22.9 Å². The van der Waals surface area contributed by atoms with Crippen molar-refractivity contribution in [3.05, 3.63) is 22.6 Å². The van der Waals surface area contributed by atoms with Gasteiger partial charge in [0.2, 0.25) is 0 Å². The van der Waals surface area contributed by atoms with Gasteiger partial charge < -0.3 is 14.9 Å². The Kier molecular flexibility index (Phi) is 3.83. The predicted octanol–water partition coefficient (Wildman–Crippen LogP) is 3.00. The molecular weight excluding hydrogens is 258 g/mol. The van der Waals surface area contributed by atoms with Crippen molar-refractivity contribution in [1.82, 2.24) is 0 Å². The standard InChI is InChI=1S/C11H16BrNO2/c12-9-5-7-15-11(9)10(13)4-3-8-2-1-6-14-8/h5,7-8,10H,1-4,6,13H2. The van der Waals surface area contributed by atoms with E-state index in [2.05, 4.69) is 15.9 Å². The highest BCUT2D eigenvalue weighted by atomic mass is 79.9. The van der Waals surface area contributed by atoms with E-state index in [0.29, 0.717) is 6.10 Å². The second-order valence-corrected chi connectivity index (χ2v) is 4.81. The van der Waals surface area contributed by atoms with Crippen molar-refractivity contribution in [3.8, 4) is 0 Å². The van der Waals surface area contributed by atoms with Gasteiger partial charge in [0.25, 0.3) is 0 Å². The topological polar surface area (TPSA) is 48.4 Å². The summed E-state index contributed by atoms with van der Waals surface area (Å²) in [6.45, 7) is 0.907. The maximum atomic E-state index is 6.04. The molecule has 0 bridgehead atoms. The van der Waals surface area contributed by atoms with Crippen molar-refractivity contribution < 1.29 is 9.15 Å². The molecule has 1 aromatic heterocycles. The first-order valence-electron chi connectivity index (χ1n) is 5.37.